The van der Waals surface area contributed by atoms with Crippen molar-refractivity contribution in [3.63, 3.8) is 0 Å². The molecule has 0 bridgehead atoms. The number of terminal acetylenes is 1. The van der Waals surface area contributed by atoms with Crippen LogP contribution in [0.15, 0.2) is 23.4 Å². The number of aromatic carboxylic acids is 1. The van der Waals surface area contributed by atoms with E-state index in [4.69, 9.17) is 11.5 Å². The lowest BCUT2D eigenvalue weighted by molar-refractivity contribution is 0.0696. The number of sulfonamides is 1. The molecule has 0 aliphatic heterocycles. The Hall–Kier alpha value is -1.91. The van der Waals surface area contributed by atoms with Crippen LogP contribution in [0.5, 0.6) is 0 Å². The van der Waals surface area contributed by atoms with Gasteiger partial charge in [-0.1, -0.05) is 6.92 Å². The molecule has 1 aromatic rings. The van der Waals surface area contributed by atoms with Crippen molar-refractivity contribution in [2.45, 2.75) is 30.8 Å². The quantitative estimate of drug-likeness (QED) is 0.754. The Morgan fingerprint density at radius 3 is 2.68 bits per heavy atom. The molecule has 0 aliphatic rings. The Balaban J connectivity index is 2.94. The number of hydrogen-bond donors (Lipinski definition) is 2. The molecule has 19 heavy (non-hydrogen) atoms. The minimum atomic E-state index is -3.79. The van der Waals surface area contributed by atoms with Gasteiger partial charge in [-0.3, -0.25) is 0 Å². The molecule has 1 atom stereocenters. The Bertz CT molecular complexity index is 587. The highest BCUT2D eigenvalue weighted by Gasteiger charge is 2.20. The largest absolute Gasteiger partial charge is 0.478 e. The second kappa shape index (κ2) is 6.31. The van der Waals surface area contributed by atoms with Crippen molar-refractivity contribution in [2.75, 3.05) is 0 Å². The second-order valence-electron chi connectivity index (χ2n) is 3.82. The number of carboxylic acids is 1. The third-order valence-electron chi connectivity index (χ3n) is 2.44. The molecule has 6 nitrogen and oxygen atoms in total. The van der Waals surface area contributed by atoms with Gasteiger partial charge in [0.05, 0.1) is 5.56 Å². The van der Waals surface area contributed by atoms with E-state index in [1.807, 2.05) is 6.92 Å². The van der Waals surface area contributed by atoms with Crippen LogP contribution in [0.3, 0.4) is 0 Å². The van der Waals surface area contributed by atoms with Crippen LogP contribution in [0.25, 0.3) is 0 Å². The number of aromatic nitrogens is 1. The first kappa shape index (κ1) is 15.1. The Morgan fingerprint density at radius 2 is 2.26 bits per heavy atom. The van der Waals surface area contributed by atoms with Crippen LogP contribution >= 0.6 is 0 Å². The topological polar surface area (TPSA) is 96.4 Å². The van der Waals surface area contributed by atoms with Gasteiger partial charge in [0.15, 0.2) is 5.03 Å². The molecule has 0 radical (unpaired) electrons. The van der Waals surface area contributed by atoms with Gasteiger partial charge in [-0.2, -0.15) is 0 Å². The van der Waals surface area contributed by atoms with E-state index in [1.165, 1.54) is 6.07 Å². The summed E-state index contributed by atoms with van der Waals surface area (Å²) in [6.07, 6.45) is 6.98. The minimum absolute atomic E-state index is 0.0744. The van der Waals surface area contributed by atoms with E-state index in [-0.39, 0.29) is 23.1 Å². The summed E-state index contributed by atoms with van der Waals surface area (Å²) >= 11 is 0. The van der Waals surface area contributed by atoms with E-state index in [0.717, 1.165) is 12.3 Å². The number of nitrogens with zero attached hydrogens (tertiary/aromatic N) is 1. The molecule has 0 saturated heterocycles. The third kappa shape index (κ3) is 4.05. The monoisotopic (exact) mass is 282 g/mol. The molecule has 0 amide bonds. The van der Waals surface area contributed by atoms with Gasteiger partial charge < -0.3 is 5.11 Å². The van der Waals surface area contributed by atoms with Gasteiger partial charge in [-0.25, -0.2) is 22.9 Å². The number of rotatable bonds is 6. The molecule has 0 aromatic carbocycles. The SMILES string of the molecule is C#CCC(CC)NS(=O)(=O)c1ccc(C(=O)O)cn1. The highest BCUT2D eigenvalue weighted by molar-refractivity contribution is 7.89. The van der Waals surface area contributed by atoms with E-state index in [1.54, 1.807) is 0 Å². The van der Waals surface area contributed by atoms with Crippen molar-refractivity contribution < 1.29 is 18.3 Å². The van der Waals surface area contributed by atoms with Gasteiger partial charge in [-0.15, -0.1) is 12.3 Å². The van der Waals surface area contributed by atoms with Crippen LogP contribution < -0.4 is 4.72 Å². The number of hydrogen-bond acceptors (Lipinski definition) is 4. The average molecular weight is 282 g/mol. The fourth-order valence-electron chi connectivity index (χ4n) is 1.36. The van der Waals surface area contributed by atoms with Gasteiger partial charge >= 0.3 is 5.97 Å². The Kier molecular flexibility index (Phi) is 5.03. The summed E-state index contributed by atoms with van der Waals surface area (Å²) < 4.78 is 26.4. The zero-order valence-corrected chi connectivity index (χ0v) is 11.1. The summed E-state index contributed by atoms with van der Waals surface area (Å²) in [7, 11) is -3.79. The van der Waals surface area contributed by atoms with Gasteiger partial charge in [-0.05, 0) is 18.6 Å². The lowest BCUT2D eigenvalue weighted by Crippen LogP contribution is -2.34. The highest BCUT2D eigenvalue weighted by Crippen LogP contribution is 2.09. The molecule has 0 fully saturated rings. The first-order chi connectivity index (χ1) is 8.90. The standard InChI is InChI=1S/C12H14N2O4S/c1-3-5-10(4-2)14-19(17,18)11-7-6-9(8-13-11)12(15)16/h1,6-8,10,14H,4-5H2,2H3,(H,15,16). The van der Waals surface area contributed by atoms with Crippen molar-refractivity contribution in [1.82, 2.24) is 9.71 Å². The van der Waals surface area contributed by atoms with Gasteiger partial charge in [0, 0.05) is 18.7 Å². The first-order valence-electron chi connectivity index (χ1n) is 5.55. The molecule has 0 spiro atoms. The smallest absolute Gasteiger partial charge is 0.337 e. The number of nitrogens with one attached hydrogen (secondary N) is 1. The fourth-order valence-corrected chi connectivity index (χ4v) is 2.61. The fraction of sp³-hybridized carbons (Fsp3) is 0.333. The van der Waals surface area contributed by atoms with E-state index in [0.29, 0.717) is 6.42 Å². The molecule has 102 valence electrons. The number of carbonyl (C=O) groups is 1. The zero-order chi connectivity index (χ0) is 14.5. The summed E-state index contributed by atoms with van der Waals surface area (Å²) in [5, 5.41) is 8.48. The van der Waals surface area contributed by atoms with Crippen LogP contribution in [0.2, 0.25) is 0 Å². The van der Waals surface area contributed by atoms with Crippen molar-refractivity contribution in [3.8, 4) is 12.3 Å². The molecule has 1 rings (SSSR count). The first-order valence-corrected chi connectivity index (χ1v) is 7.04. The summed E-state index contributed by atoms with van der Waals surface area (Å²) in [5.74, 6) is 1.23. The zero-order valence-electron chi connectivity index (χ0n) is 10.3. The molecule has 0 aliphatic carbocycles. The molecular formula is C12H14N2O4S. The lowest BCUT2D eigenvalue weighted by Gasteiger charge is -2.13. The lowest BCUT2D eigenvalue weighted by atomic mass is 10.2. The molecular weight excluding hydrogens is 268 g/mol. The van der Waals surface area contributed by atoms with Crippen LogP contribution in [-0.2, 0) is 10.0 Å². The van der Waals surface area contributed by atoms with Crippen molar-refractivity contribution >= 4 is 16.0 Å². The van der Waals surface area contributed by atoms with Crippen LogP contribution in [0, 0.1) is 12.3 Å². The maximum atomic E-state index is 12.0. The van der Waals surface area contributed by atoms with E-state index < -0.39 is 16.0 Å². The maximum Gasteiger partial charge on any atom is 0.337 e. The van der Waals surface area contributed by atoms with Crippen molar-refractivity contribution in [1.29, 1.82) is 0 Å². The van der Waals surface area contributed by atoms with Crippen molar-refractivity contribution in [3.05, 3.63) is 23.9 Å². The van der Waals surface area contributed by atoms with Gasteiger partial charge in [0.2, 0.25) is 0 Å². The van der Waals surface area contributed by atoms with Crippen LogP contribution in [-0.4, -0.2) is 30.5 Å². The van der Waals surface area contributed by atoms with E-state index in [9.17, 15) is 13.2 Å². The Morgan fingerprint density at radius 1 is 1.58 bits per heavy atom. The van der Waals surface area contributed by atoms with Gasteiger partial charge in [0.25, 0.3) is 10.0 Å². The predicted molar refractivity (Wildman–Crippen MR) is 69.0 cm³/mol. The molecule has 7 heteroatoms. The normalized spacial score (nSPS) is 12.6. The molecule has 1 aromatic heterocycles. The number of pyridine rings is 1. The molecule has 1 heterocycles. The van der Waals surface area contributed by atoms with Crippen LogP contribution in [0.4, 0.5) is 0 Å². The molecule has 2 N–H and O–H groups in total. The van der Waals surface area contributed by atoms with E-state index in [2.05, 4.69) is 15.6 Å². The number of carboxylic acid groups (broad SMARTS) is 1. The molecule has 1 unspecified atom stereocenters. The summed E-state index contributed by atoms with van der Waals surface area (Å²) in [6, 6.07) is 1.97. The van der Waals surface area contributed by atoms with Crippen molar-refractivity contribution in [2.24, 2.45) is 0 Å². The predicted octanol–water partition coefficient (Wildman–Crippen LogP) is 0.860. The highest BCUT2D eigenvalue weighted by atomic mass is 32.2. The minimum Gasteiger partial charge on any atom is -0.478 e. The second-order valence-corrected chi connectivity index (χ2v) is 5.49. The third-order valence-corrected chi connectivity index (χ3v) is 3.87. The summed E-state index contributed by atoms with van der Waals surface area (Å²) in [6.45, 7) is 1.81. The van der Waals surface area contributed by atoms with Gasteiger partial charge in [0.1, 0.15) is 0 Å². The molecule has 0 saturated carbocycles. The Labute approximate surface area is 111 Å². The van der Waals surface area contributed by atoms with E-state index >= 15 is 0 Å². The average Bonchev–Trinajstić information content (AvgIpc) is 2.38. The summed E-state index contributed by atoms with van der Waals surface area (Å²) in [5.41, 5.74) is -0.0744. The maximum absolute atomic E-state index is 12.0. The van der Waals surface area contributed by atoms with Crippen LogP contribution in [0.1, 0.15) is 30.1 Å². The summed E-state index contributed by atoms with van der Waals surface area (Å²) in [4.78, 5) is 14.3.